The number of aromatic nitrogens is 5. The second-order valence-electron chi connectivity index (χ2n) is 6.88. The predicted octanol–water partition coefficient (Wildman–Crippen LogP) is 5.00. The molecule has 0 saturated carbocycles. The number of nitrogens with two attached hydrogens (primary N) is 1. The van der Waals surface area contributed by atoms with Crippen molar-refractivity contribution in [3.05, 3.63) is 84.4 Å². The summed E-state index contributed by atoms with van der Waals surface area (Å²) in [5.74, 6) is 0.913. The van der Waals surface area contributed by atoms with Crippen LogP contribution in [0.1, 0.15) is 5.56 Å². The molecular weight excluding hydrogens is 415 g/mol. The molecule has 0 aliphatic heterocycles. The Morgan fingerprint density at radius 2 is 1.68 bits per heavy atom. The average Bonchev–Trinajstić information content (AvgIpc) is 3.18. The minimum Gasteiger partial charge on any atom is -0.383 e. The number of rotatable bonds is 4. The summed E-state index contributed by atoms with van der Waals surface area (Å²) >= 11 is 5.95. The van der Waals surface area contributed by atoms with E-state index in [0.717, 1.165) is 11.3 Å². The van der Waals surface area contributed by atoms with Gasteiger partial charge >= 0.3 is 0 Å². The molecule has 2 N–H and O–H groups in total. The van der Waals surface area contributed by atoms with E-state index in [1.807, 2.05) is 34.9 Å². The number of hydrogen-bond acceptors (Lipinski definition) is 5. The number of alkyl halides is 1. The molecular formula is C23H16ClFN6. The van der Waals surface area contributed by atoms with Crippen molar-refractivity contribution in [3.63, 3.8) is 0 Å². The molecule has 1 aromatic carbocycles. The Balaban J connectivity index is 1.80. The van der Waals surface area contributed by atoms with Crippen LogP contribution in [0.5, 0.6) is 0 Å². The van der Waals surface area contributed by atoms with E-state index in [4.69, 9.17) is 27.3 Å². The predicted molar refractivity (Wildman–Crippen MR) is 119 cm³/mol. The van der Waals surface area contributed by atoms with E-state index in [-0.39, 0.29) is 5.69 Å². The Hall–Kier alpha value is -3.84. The number of nitrogens with zero attached hydrogens (tertiary/aromatic N) is 5. The van der Waals surface area contributed by atoms with Crippen molar-refractivity contribution in [1.29, 1.82) is 0 Å². The van der Waals surface area contributed by atoms with Gasteiger partial charge in [-0.15, -0.1) is 11.6 Å². The van der Waals surface area contributed by atoms with Gasteiger partial charge in [0.1, 0.15) is 17.0 Å². The molecule has 0 spiro atoms. The highest BCUT2D eigenvalue weighted by atomic mass is 35.5. The lowest BCUT2D eigenvalue weighted by Crippen LogP contribution is -2.02. The van der Waals surface area contributed by atoms with Crippen LogP contribution in [0.25, 0.3) is 39.6 Å². The number of halogens is 2. The summed E-state index contributed by atoms with van der Waals surface area (Å²) in [5.41, 5.74) is 10.4. The fraction of sp³-hybridized carbons (Fsp3) is 0.0435. The van der Waals surface area contributed by atoms with Crippen molar-refractivity contribution in [2.45, 2.75) is 5.88 Å². The topological polar surface area (TPSA) is 82.5 Å². The molecule has 0 saturated heterocycles. The molecule has 0 fully saturated rings. The monoisotopic (exact) mass is 430 g/mol. The summed E-state index contributed by atoms with van der Waals surface area (Å²) in [6, 6.07) is 17.8. The summed E-state index contributed by atoms with van der Waals surface area (Å²) in [6.07, 6.45) is 3.16. The number of hydrogen-bond donors (Lipinski definition) is 1. The lowest BCUT2D eigenvalue weighted by Gasteiger charge is -2.11. The molecule has 0 atom stereocenters. The molecule has 0 bridgehead atoms. The molecule has 4 heterocycles. The van der Waals surface area contributed by atoms with Gasteiger partial charge in [0, 0.05) is 24.0 Å². The first kappa shape index (κ1) is 19.1. The number of fused-ring (bicyclic) bond motifs is 1. The van der Waals surface area contributed by atoms with Crippen LogP contribution in [-0.2, 0) is 5.88 Å². The second-order valence-corrected chi connectivity index (χ2v) is 7.15. The fourth-order valence-corrected chi connectivity index (χ4v) is 3.61. The van der Waals surface area contributed by atoms with Crippen LogP contribution in [0.15, 0.2) is 73.1 Å². The Morgan fingerprint density at radius 3 is 2.42 bits per heavy atom. The van der Waals surface area contributed by atoms with Crippen LogP contribution in [0.3, 0.4) is 0 Å². The molecule has 0 radical (unpaired) electrons. The van der Waals surface area contributed by atoms with E-state index in [1.54, 1.807) is 30.5 Å². The van der Waals surface area contributed by atoms with E-state index in [0.29, 0.717) is 39.9 Å². The van der Waals surface area contributed by atoms with Crippen molar-refractivity contribution >= 4 is 28.6 Å². The molecule has 0 aliphatic rings. The summed E-state index contributed by atoms with van der Waals surface area (Å²) in [6.45, 7) is 0. The van der Waals surface area contributed by atoms with Gasteiger partial charge < -0.3 is 5.73 Å². The van der Waals surface area contributed by atoms with E-state index in [9.17, 15) is 4.39 Å². The molecule has 0 aliphatic carbocycles. The zero-order valence-corrected chi connectivity index (χ0v) is 17.0. The zero-order valence-electron chi connectivity index (χ0n) is 16.2. The summed E-state index contributed by atoms with van der Waals surface area (Å²) in [5, 5.41) is 0. The van der Waals surface area contributed by atoms with Gasteiger partial charge in [-0.1, -0.05) is 12.1 Å². The second kappa shape index (κ2) is 7.77. The van der Waals surface area contributed by atoms with Gasteiger partial charge in [0.25, 0.3) is 0 Å². The number of nitrogen functional groups attached to an aromatic ring is 1. The lowest BCUT2D eigenvalue weighted by atomic mass is 10.2. The first-order valence-electron chi connectivity index (χ1n) is 9.52. The van der Waals surface area contributed by atoms with Gasteiger partial charge in [-0.25, -0.2) is 19.3 Å². The normalized spacial score (nSPS) is 11.2. The fourth-order valence-electron chi connectivity index (χ4n) is 3.43. The maximum Gasteiger partial charge on any atom is 0.165 e. The van der Waals surface area contributed by atoms with E-state index in [1.165, 1.54) is 12.3 Å². The smallest absolute Gasteiger partial charge is 0.165 e. The zero-order chi connectivity index (χ0) is 21.4. The lowest BCUT2D eigenvalue weighted by molar-refractivity contribution is 0.625. The molecule has 5 aromatic rings. The van der Waals surface area contributed by atoms with Gasteiger partial charge in [-0.3, -0.25) is 9.55 Å². The SMILES string of the molecule is Nc1ncccc1-c1nc2ccc(-c3ncccc3F)nc2n1-c1ccc(CCl)cc1. The number of pyridine rings is 3. The van der Waals surface area contributed by atoms with Crippen LogP contribution in [0, 0.1) is 5.82 Å². The highest BCUT2D eigenvalue weighted by Crippen LogP contribution is 2.31. The first-order chi connectivity index (χ1) is 15.2. The Labute approximate surface area is 182 Å². The van der Waals surface area contributed by atoms with Crippen LogP contribution < -0.4 is 5.73 Å². The first-order valence-corrected chi connectivity index (χ1v) is 10.1. The van der Waals surface area contributed by atoms with E-state index < -0.39 is 5.82 Å². The highest BCUT2D eigenvalue weighted by Gasteiger charge is 2.19. The number of imidazole rings is 1. The largest absolute Gasteiger partial charge is 0.383 e. The minimum absolute atomic E-state index is 0.178. The van der Waals surface area contributed by atoms with Gasteiger partial charge in [0.15, 0.2) is 17.3 Å². The third-order valence-corrected chi connectivity index (χ3v) is 5.24. The van der Waals surface area contributed by atoms with Crippen LogP contribution in [-0.4, -0.2) is 24.5 Å². The summed E-state index contributed by atoms with van der Waals surface area (Å²) in [7, 11) is 0. The van der Waals surface area contributed by atoms with Gasteiger partial charge in [-0.2, -0.15) is 0 Å². The third kappa shape index (κ3) is 3.39. The Bertz CT molecular complexity index is 1400. The van der Waals surface area contributed by atoms with Crippen molar-refractivity contribution in [2.75, 3.05) is 5.73 Å². The molecule has 6 nitrogen and oxygen atoms in total. The van der Waals surface area contributed by atoms with E-state index in [2.05, 4.69) is 9.97 Å². The maximum atomic E-state index is 14.3. The minimum atomic E-state index is -0.441. The third-order valence-electron chi connectivity index (χ3n) is 4.93. The molecule has 4 aromatic heterocycles. The molecule has 152 valence electrons. The average molecular weight is 431 g/mol. The van der Waals surface area contributed by atoms with Gasteiger partial charge in [0.2, 0.25) is 0 Å². The van der Waals surface area contributed by atoms with Gasteiger partial charge in [0.05, 0.1) is 11.3 Å². The standard InChI is InChI=1S/C23H16ClFN6/c24-13-14-5-7-15(8-6-14)31-22(16-3-1-12-28-21(16)26)30-19-10-9-18(29-23(19)31)20-17(25)4-2-11-27-20/h1-12H,13H2,(H2,26,28). The van der Waals surface area contributed by atoms with Crippen molar-refractivity contribution in [2.24, 2.45) is 0 Å². The molecule has 31 heavy (non-hydrogen) atoms. The van der Waals surface area contributed by atoms with Crippen molar-refractivity contribution in [1.82, 2.24) is 24.5 Å². The number of benzene rings is 1. The van der Waals surface area contributed by atoms with Crippen molar-refractivity contribution < 1.29 is 4.39 Å². The van der Waals surface area contributed by atoms with Gasteiger partial charge in [-0.05, 0) is 54.1 Å². The summed E-state index contributed by atoms with van der Waals surface area (Å²) < 4.78 is 16.2. The maximum absolute atomic E-state index is 14.3. The molecule has 5 rings (SSSR count). The molecule has 8 heteroatoms. The molecule has 0 amide bonds. The Morgan fingerprint density at radius 1 is 0.903 bits per heavy atom. The van der Waals surface area contributed by atoms with Crippen molar-refractivity contribution in [3.8, 4) is 28.5 Å². The Kier molecular flexibility index (Phi) is 4.80. The highest BCUT2D eigenvalue weighted by molar-refractivity contribution is 6.17. The van der Waals surface area contributed by atoms with Crippen LogP contribution in [0.2, 0.25) is 0 Å². The molecule has 0 unspecified atom stereocenters. The van der Waals surface area contributed by atoms with Crippen LogP contribution >= 0.6 is 11.6 Å². The quantitative estimate of drug-likeness (QED) is 0.405. The number of anilines is 1. The summed E-state index contributed by atoms with van der Waals surface area (Å²) in [4.78, 5) is 17.8. The van der Waals surface area contributed by atoms with Crippen LogP contribution in [0.4, 0.5) is 10.2 Å². The van der Waals surface area contributed by atoms with E-state index >= 15 is 0 Å².